The van der Waals surface area contributed by atoms with Gasteiger partial charge in [-0.15, -0.1) is 11.3 Å². The molecule has 1 amide bonds. The lowest BCUT2D eigenvalue weighted by Crippen LogP contribution is -2.35. The van der Waals surface area contributed by atoms with E-state index >= 15 is 0 Å². The van der Waals surface area contributed by atoms with Crippen LogP contribution in [0.25, 0.3) is 10.6 Å². The number of hydrogen-bond donors (Lipinski definition) is 1. The summed E-state index contributed by atoms with van der Waals surface area (Å²) in [6, 6.07) is 16.1. The van der Waals surface area contributed by atoms with Crippen LogP contribution in [0.2, 0.25) is 0 Å². The molecule has 0 radical (unpaired) electrons. The highest BCUT2D eigenvalue weighted by atomic mass is 79.9. The van der Waals surface area contributed by atoms with E-state index in [0.717, 1.165) is 59.3 Å². The number of nitrogens with one attached hydrogen (secondary N) is 1. The summed E-state index contributed by atoms with van der Waals surface area (Å²) in [5.74, 6) is -0.0687. The van der Waals surface area contributed by atoms with Crippen molar-refractivity contribution in [2.24, 2.45) is 0 Å². The first-order valence-electron chi connectivity index (χ1n) is 9.55. The third-order valence-corrected chi connectivity index (χ3v) is 6.15. The van der Waals surface area contributed by atoms with Gasteiger partial charge in [0.1, 0.15) is 5.01 Å². The second-order valence-electron chi connectivity index (χ2n) is 6.96. The number of hydrogen-bond acceptors (Lipinski definition) is 5. The monoisotopic (exact) mass is 471 g/mol. The molecule has 1 N–H and O–H groups in total. The zero-order valence-corrected chi connectivity index (χ0v) is 18.3. The lowest BCUT2D eigenvalue weighted by molar-refractivity contribution is -0.115. The zero-order chi connectivity index (χ0) is 20.1. The van der Waals surface area contributed by atoms with Crippen LogP contribution in [-0.2, 0) is 22.5 Å². The Morgan fingerprint density at radius 2 is 1.97 bits per heavy atom. The molecule has 1 aliphatic heterocycles. The van der Waals surface area contributed by atoms with Gasteiger partial charge in [0, 0.05) is 40.7 Å². The van der Waals surface area contributed by atoms with Crippen molar-refractivity contribution in [2.75, 3.05) is 31.6 Å². The molecule has 150 valence electrons. The molecule has 7 heteroatoms. The number of carbonyl (C=O) groups excluding carboxylic acids is 1. The molecule has 2 heterocycles. The molecule has 5 nitrogen and oxygen atoms in total. The summed E-state index contributed by atoms with van der Waals surface area (Å²) in [6.07, 6.45) is 0.262. The van der Waals surface area contributed by atoms with Gasteiger partial charge >= 0.3 is 0 Å². The number of anilines is 1. The number of rotatable bonds is 6. The Morgan fingerprint density at radius 3 is 2.72 bits per heavy atom. The fourth-order valence-corrected chi connectivity index (χ4v) is 4.45. The predicted molar refractivity (Wildman–Crippen MR) is 120 cm³/mol. The molecule has 0 aliphatic carbocycles. The van der Waals surface area contributed by atoms with Crippen molar-refractivity contribution < 1.29 is 9.53 Å². The van der Waals surface area contributed by atoms with Crippen LogP contribution < -0.4 is 5.32 Å². The Labute approximate surface area is 182 Å². The quantitative estimate of drug-likeness (QED) is 0.571. The number of benzene rings is 2. The number of carbonyl (C=O) groups is 1. The van der Waals surface area contributed by atoms with Gasteiger partial charge in [0.2, 0.25) is 5.91 Å². The molecule has 1 fully saturated rings. The molecular weight excluding hydrogens is 450 g/mol. The van der Waals surface area contributed by atoms with Gasteiger partial charge in [-0.05, 0) is 23.8 Å². The molecular formula is C22H22BrN3O2S. The molecule has 0 bridgehead atoms. The number of halogens is 1. The van der Waals surface area contributed by atoms with Crippen molar-refractivity contribution in [1.29, 1.82) is 0 Å². The van der Waals surface area contributed by atoms with Crippen LogP contribution in [0, 0.1) is 0 Å². The van der Waals surface area contributed by atoms with Gasteiger partial charge in [-0.3, -0.25) is 9.69 Å². The van der Waals surface area contributed by atoms with Crippen molar-refractivity contribution in [2.45, 2.75) is 13.0 Å². The van der Waals surface area contributed by atoms with E-state index in [0.29, 0.717) is 0 Å². The molecule has 4 rings (SSSR count). The SMILES string of the molecule is O=C(Cc1csc(-c2ccc(CN3CCOCC3)cc2)n1)Nc1cccc(Br)c1. The molecule has 1 aromatic heterocycles. The number of amides is 1. The molecule has 1 aliphatic rings. The van der Waals surface area contributed by atoms with E-state index in [2.05, 4.69) is 55.4 Å². The normalized spacial score (nSPS) is 14.7. The van der Waals surface area contributed by atoms with Gasteiger partial charge in [0.25, 0.3) is 0 Å². The summed E-state index contributed by atoms with van der Waals surface area (Å²) in [4.78, 5) is 19.4. The fraction of sp³-hybridized carbons (Fsp3) is 0.273. The van der Waals surface area contributed by atoms with Crippen molar-refractivity contribution >= 4 is 38.9 Å². The number of ether oxygens (including phenoxy) is 1. The number of thiazole rings is 1. The van der Waals surface area contributed by atoms with Crippen LogP contribution in [-0.4, -0.2) is 42.1 Å². The summed E-state index contributed by atoms with van der Waals surface area (Å²) in [5.41, 5.74) is 3.94. The van der Waals surface area contributed by atoms with Gasteiger partial charge in [-0.2, -0.15) is 0 Å². The zero-order valence-electron chi connectivity index (χ0n) is 15.9. The fourth-order valence-electron chi connectivity index (χ4n) is 3.23. The van der Waals surface area contributed by atoms with Crippen molar-refractivity contribution in [1.82, 2.24) is 9.88 Å². The number of aromatic nitrogens is 1. The van der Waals surface area contributed by atoms with E-state index in [1.807, 2.05) is 29.6 Å². The van der Waals surface area contributed by atoms with Gasteiger partial charge in [-0.25, -0.2) is 4.98 Å². The van der Waals surface area contributed by atoms with E-state index in [4.69, 9.17) is 4.74 Å². The highest BCUT2D eigenvalue weighted by Gasteiger charge is 2.12. The van der Waals surface area contributed by atoms with Crippen LogP contribution >= 0.6 is 27.3 Å². The first kappa shape index (κ1) is 20.2. The van der Waals surface area contributed by atoms with Crippen LogP contribution in [0.3, 0.4) is 0 Å². The van der Waals surface area contributed by atoms with E-state index in [1.165, 1.54) is 5.56 Å². The summed E-state index contributed by atoms with van der Waals surface area (Å²) in [7, 11) is 0. The molecule has 0 spiro atoms. The maximum absolute atomic E-state index is 12.3. The molecule has 0 saturated carbocycles. The Kier molecular flexibility index (Phi) is 6.71. The minimum atomic E-state index is -0.0687. The molecule has 2 aromatic carbocycles. The van der Waals surface area contributed by atoms with Gasteiger partial charge in [-0.1, -0.05) is 46.3 Å². The third-order valence-electron chi connectivity index (χ3n) is 4.71. The van der Waals surface area contributed by atoms with Gasteiger partial charge in [0.15, 0.2) is 0 Å². The Morgan fingerprint density at radius 1 is 1.17 bits per heavy atom. The molecule has 0 atom stereocenters. The highest BCUT2D eigenvalue weighted by molar-refractivity contribution is 9.10. The van der Waals surface area contributed by atoms with E-state index in [9.17, 15) is 4.79 Å². The Bertz CT molecular complexity index is 968. The van der Waals surface area contributed by atoms with Crippen LogP contribution in [0.5, 0.6) is 0 Å². The second kappa shape index (κ2) is 9.63. The first-order valence-corrected chi connectivity index (χ1v) is 11.2. The molecule has 3 aromatic rings. The molecule has 0 unspecified atom stereocenters. The maximum atomic E-state index is 12.3. The predicted octanol–water partition coefficient (Wildman–Crippen LogP) is 4.59. The van der Waals surface area contributed by atoms with E-state index in [-0.39, 0.29) is 12.3 Å². The van der Waals surface area contributed by atoms with Crippen LogP contribution in [0.15, 0.2) is 58.4 Å². The standard InChI is InChI=1S/C22H22BrN3O2S/c23-18-2-1-3-19(12-18)24-21(27)13-20-15-29-22(25-20)17-6-4-16(5-7-17)14-26-8-10-28-11-9-26/h1-7,12,15H,8-11,13-14H2,(H,24,27). The lowest BCUT2D eigenvalue weighted by atomic mass is 10.1. The van der Waals surface area contributed by atoms with E-state index in [1.54, 1.807) is 11.3 Å². The Balaban J connectivity index is 1.35. The van der Waals surface area contributed by atoms with Crippen molar-refractivity contribution in [3.8, 4) is 10.6 Å². The average Bonchev–Trinajstić information content (AvgIpc) is 3.17. The topological polar surface area (TPSA) is 54.5 Å². The largest absolute Gasteiger partial charge is 0.379 e. The lowest BCUT2D eigenvalue weighted by Gasteiger charge is -2.26. The van der Waals surface area contributed by atoms with Crippen LogP contribution in [0.1, 0.15) is 11.3 Å². The average molecular weight is 472 g/mol. The summed E-state index contributed by atoms with van der Waals surface area (Å²) in [6.45, 7) is 4.55. The van der Waals surface area contributed by atoms with E-state index < -0.39 is 0 Å². The van der Waals surface area contributed by atoms with Crippen molar-refractivity contribution in [3.05, 3.63) is 69.6 Å². The van der Waals surface area contributed by atoms with Crippen molar-refractivity contribution in [3.63, 3.8) is 0 Å². The van der Waals surface area contributed by atoms with Crippen LogP contribution in [0.4, 0.5) is 5.69 Å². The van der Waals surface area contributed by atoms with Gasteiger partial charge in [0.05, 0.1) is 25.3 Å². The Hall–Kier alpha value is -2.06. The smallest absolute Gasteiger partial charge is 0.230 e. The maximum Gasteiger partial charge on any atom is 0.230 e. The third kappa shape index (κ3) is 5.73. The molecule has 29 heavy (non-hydrogen) atoms. The minimum absolute atomic E-state index is 0.0687. The summed E-state index contributed by atoms with van der Waals surface area (Å²) in [5, 5.41) is 5.80. The summed E-state index contributed by atoms with van der Waals surface area (Å²) < 4.78 is 6.34. The minimum Gasteiger partial charge on any atom is -0.379 e. The first-order chi connectivity index (χ1) is 14.2. The summed E-state index contributed by atoms with van der Waals surface area (Å²) >= 11 is 4.98. The highest BCUT2D eigenvalue weighted by Crippen LogP contribution is 2.25. The van der Waals surface area contributed by atoms with Gasteiger partial charge < -0.3 is 10.1 Å². The second-order valence-corrected chi connectivity index (χ2v) is 8.74. The number of morpholine rings is 1. The molecule has 1 saturated heterocycles. The number of nitrogens with zero attached hydrogens (tertiary/aromatic N) is 2.